The van der Waals surface area contributed by atoms with Crippen molar-refractivity contribution in [1.29, 1.82) is 0 Å². The van der Waals surface area contributed by atoms with Crippen LogP contribution in [0.25, 0.3) is 11.1 Å². The number of amides is 2. The molecule has 0 saturated carbocycles. The van der Waals surface area contributed by atoms with Crippen molar-refractivity contribution >= 4 is 28.9 Å². The van der Waals surface area contributed by atoms with Gasteiger partial charge in [0.2, 0.25) is 0 Å². The van der Waals surface area contributed by atoms with E-state index in [9.17, 15) is 14.7 Å². The lowest BCUT2D eigenvalue weighted by atomic mass is 9.98. The monoisotopic (exact) mass is 503 g/mol. The van der Waals surface area contributed by atoms with E-state index in [1.807, 2.05) is 79.7 Å². The fraction of sp³-hybridized carbons (Fsp3) is 0.188. The Hall–Kier alpha value is -4.42. The number of nitrogens with one attached hydrogen (secondary N) is 1. The highest BCUT2D eigenvalue weighted by Gasteiger charge is 2.39. The Labute approximate surface area is 222 Å². The predicted octanol–water partition coefficient (Wildman–Crippen LogP) is 5.51. The van der Waals surface area contributed by atoms with Crippen molar-refractivity contribution < 1.29 is 14.7 Å². The van der Waals surface area contributed by atoms with Crippen LogP contribution < -0.4 is 15.1 Å². The Morgan fingerprint density at radius 1 is 0.816 bits per heavy atom. The predicted molar refractivity (Wildman–Crippen MR) is 151 cm³/mol. The molecule has 6 heteroatoms. The molecule has 0 spiro atoms. The Kier molecular flexibility index (Phi) is 6.18. The first-order valence-electron chi connectivity index (χ1n) is 12.9. The topological polar surface area (TPSA) is 72.9 Å². The molecule has 0 radical (unpaired) electrons. The van der Waals surface area contributed by atoms with E-state index in [1.54, 1.807) is 29.2 Å². The second-order valence-corrected chi connectivity index (χ2v) is 10.0. The average Bonchev–Trinajstić information content (AvgIpc) is 3.33. The SMILES string of the molecule is Cc1ccc(-c2ccccc2C(=O)Nc2ccc(C(=O)N3C[C@@H]4C[C@@H](O)CN4c4ccccc43)cc2)cc1. The summed E-state index contributed by atoms with van der Waals surface area (Å²) in [6, 6.07) is 30.6. The third-order valence-corrected chi connectivity index (χ3v) is 7.44. The van der Waals surface area contributed by atoms with Gasteiger partial charge in [0, 0.05) is 35.9 Å². The van der Waals surface area contributed by atoms with Crippen LogP contribution in [-0.2, 0) is 0 Å². The smallest absolute Gasteiger partial charge is 0.258 e. The highest BCUT2D eigenvalue weighted by Crippen LogP contribution is 2.40. The van der Waals surface area contributed by atoms with Crippen LogP contribution in [0.2, 0.25) is 0 Å². The second-order valence-electron chi connectivity index (χ2n) is 10.0. The first kappa shape index (κ1) is 23.9. The molecule has 1 saturated heterocycles. The lowest BCUT2D eigenvalue weighted by molar-refractivity contribution is 0.0982. The van der Waals surface area contributed by atoms with Crippen LogP contribution in [0.3, 0.4) is 0 Å². The molecule has 0 aliphatic carbocycles. The van der Waals surface area contributed by atoms with Crippen LogP contribution in [0, 0.1) is 6.92 Å². The number of carbonyl (C=O) groups is 2. The maximum Gasteiger partial charge on any atom is 0.258 e. The highest BCUT2D eigenvalue weighted by molar-refractivity contribution is 6.10. The van der Waals surface area contributed by atoms with Crippen LogP contribution >= 0.6 is 0 Å². The Bertz CT molecular complexity index is 1500. The fourth-order valence-electron chi connectivity index (χ4n) is 5.51. The second kappa shape index (κ2) is 9.80. The molecule has 2 aliphatic heterocycles. The van der Waals surface area contributed by atoms with Gasteiger partial charge in [0.05, 0.1) is 17.5 Å². The van der Waals surface area contributed by atoms with Crippen molar-refractivity contribution in [3.8, 4) is 11.1 Å². The van der Waals surface area contributed by atoms with Crippen molar-refractivity contribution in [1.82, 2.24) is 0 Å². The molecule has 190 valence electrons. The Morgan fingerprint density at radius 3 is 2.26 bits per heavy atom. The summed E-state index contributed by atoms with van der Waals surface area (Å²) >= 11 is 0. The first-order valence-corrected chi connectivity index (χ1v) is 12.9. The van der Waals surface area contributed by atoms with Gasteiger partial charge in [-0.25, -0.2) is 0 Å². The van der Waals surface area contributed by atoms with E-state index in [4.69, 9.17) is 0 Å². The molecular formula is C32H29N3O3. The van der Waals surface area contributed by atoms with Crippen molar-refractivity contribution in [2.24, 2.45) is 0 Å². The number of aryl methyl sites for hydroxylation is 1. The van der Waals surface area contributed by atoms with Crippen LogP contribution in [0.1, 0.15) is 32.7 Å². The number of rotatable bonds is 4. The van der Waals surface area contributed by atoms with Crippen molar-refractivity contribution in [2.45, 2.75) is 25.5 Å². The molecule has 0 aromatic heterocycles. The first-order chi connectivity index (χ1) is 18.5. The zero-order valence-electron chi connectivity index (χ0n) is 21.2. The molecular weight excluding hydrogens is 474 g/mol. The van der Waals surface area contributed by atoms with Gasteiger partial charge >= 0.3 is 0 Å². The van der Waals surface area contributed by atoms with Gasteiger partial charge in [-0.2, -0.15) is 0 Å². The van der Waals surface area contributed by atoms with Gasteiger partial charge in [-0.3, -0.25) is 9.59 Å². The molecule has 2 atom stereocenters. The van der Waals surface area contributed by atoms with Gasteiger partial charge in [-0.15, -0.1) is 0 Å². The van der Waals surface area contributed by atoms with Crippen molar-refractivity contribution in [3.05, 3.63) is 114 Å². The van der Waals surface area contributed by atoms with E-state index >= 15 is 0 Å². The maximum atomic E-state index is 13.6. The summed E-state index contributed by atoms with van der Waals surface area (Å²) in [5.74, 6) is -0.300. The van der Waals surface area contributed by atoms with E-state index in [0.717, 1.165) is 28.1 Å². The summed E-state index contributed by atoms with van der Waals surface area (Å²) in [5.41, 5.74) is 6.60. The molecule has 4 aromatic carbocycles. The van der Waals surface area contributed by atoms with E-state index < -0.39 is 0 Å². The molecule has 2 aliphatic rings. The normalized spacial score (nSPS) is 18.1. The van der Waals surface area contributed by atoms with E-state index in [-0.39, 0.29) is 24.0 Å². The Balaban J connectivity index is 1.21. The third-order valence-electron chi connectivity index (χ3n) is 7.44. The summed E-state index contributed by atoms with van der Waals surface area (Å²) in [6.45, 7) is 3.15. The average molecular weight is 504 g/mol. The largest absolute Gasteiger partial charge is 0.391 e. The van der Waals surface area contributed by atoms with E-state index in [1.165, 1.54) is 0 Å². The van der Waals surface area contributed by atoms with Crippen LogP contribution in [-0.4, -0.2) is 42.2 Å². The molecule has 4 aromatic rings. The van der Waals surface area contributed by atoms with Gasteiger partial charge in [0.1, 0.15) is 0 Å². The van der Waals surface area contributed by atoms with Gasteiger partial charge in [-0.05, 0) is 66.9 Å². The number of fused-ring (bicyclic) bond motifs is 3. The maximum absolute atomic E-state index is 13.6. The van der Waals surface area contributed by atoms with Gasteiger partial charge in [-0.1, -0.05) is 60.2 Å². The van der Waals surface area contributed by atoms with Crippen molar-refractivity contribution in [3.63, 3.8) is 0 Å². The number of nitrogens with zero attached hydrogens (tertiary/aromatic N) is 2. The molecule has 38 heavy (non-hydrogen) atoms. The zero-order chi connectivity index (χ0) is 26.2. The van der Waals surface area contributed by atoms with E-state index in [0.29, 0.717) is 36.3 Å². The number of benzene rings is 4. The molecule has 0 bridgehead atoms. The number of aliphatic hydroxyl groups excluding tert-OH is 1. The number of hydrogen-bond donors (Lipinski definition) is 2. The summed E-state index contributed by atoms with van der Waals surface area (Å²) in [7, 11) is 0. The van der Waals surface area contributed by atoms with Crippen LogP contribution in [0.5, 0.6) is 0 Å². The fourth-order valence-corrected chi connectivity index (χ4v) is 5.51. The molecule has 6 rings (SSSR count). The lowest BCUT2D eigenvalue weighted by Gasteiger charge is -2.40. The Morgan fingerprint density at radius 2 is 1.50 bits per heavy atom. The number of carbonyl (C=O) groups excluding carboxylic acids is 2. The summed E-state index contributed by atoms with van der Waals surface area (Å²) in [5, 5.41) is 13.2. The highest BCUT2D eigenvalue weighted by atomic mass is 16.3. The quantitative estimate of drug-likeness (QED) is 0.385. The number of hydrogen-bond acceptors (Lipinski definition) is 4. The molecule has 6 nitrogen and oxygen atoms in total. The van der Waals surface area contributed by atoms with Gasteiger partial charge in [0.25, 0.3) is 11.8 Å². The minimum Gasteiger partial charge on any atom is -0.391 e. The lowest BCUT2D eigenvalue weighted by Crippen LogP contribution is -2.48. The van der Waals surface area contributed by atoms with Crippen molar-refractivity contribution in [2.75, 3.05) is 28.2 Å². The molecule has 1 fully saturated rings. The van der Waals surface area contributed by atoms with Gasteiger partial charge < -0.3 is 20.2 Å². The third kappa shape index (κ3) is 4.44. The summed E-state index contributed by atoms with van der Waals surface area (Å²) in [4.78, 5) is 30.8. The van der Waals surface area contributed by atoms with Gasteiger partial charge in [0.15, 0.2) is 0 Å². The zero-order valence-corrected chi connectivity index (χ0v) is 21.2. The molecule has 2 amide bonds. The minimum atomic E-state index is -0.387. The van der Waals surface area contributed by atoms with E-state index in [2.05, 4.69) is 10.2 Å². The molecule has 2 heterocycles. The summed E-state index contributed by atoms with van der Waals surface area (Å²) in [6.07, 6.45) is 0.259. The van der Waals surface area contributed by atoms with Crippen LogP contribution in [0.4, 0.5) is 17.1 Å². The number of para-hydroxylation sites is 2. The standard InChI is InChI=1S/C32H29N3O3/c1-21-10-12-22(13-11-21)27-6-2-3-7-28(27)31(37)33-24-16-14-23(15-17-24)32(38)35-19-25-18-26(36)20-34(25)29-8-4-5-9-30(29)35/h2-17,25-26,36H,18-20H2,1H3,(H,33,37)/t25-,26+/m0/s1. The number of anilines is 3. The minimum absolute atomic E-state index is 0.0935. The molecule has 2 N–H and O–H groups in total. The summed E-state index contributed by atoms with van der Waals surface area (Å²) < 4.78 is 0. The molecule has 0 unspecified atom stereocenters. The van der Waals surface area contributed by atoms with Crippen LogP contribution in [0.15, 0.2) is 97.1 Å². The number of aliphatic hydroxyl groups is 1.